The Bertz CT molecular complexity index is 584. The summed E-state index contributed by atoms with van der Waals surface area (Å²) < 4.78 is 16.6. The van der Waals surface area contributed by atoms with Crippen molar-refractivity contribution in [2.24, 2.45) is 10.9 Å². The van der Waals surface area contributed by atoms with Gasteiger partial charge in [-0.1, -0.05) is 29.8 Å². The molecule has 2 rings (SSSR count). The smallest absolute Gasteiger partial charge is 0.191 e. The highest BCUT2D eigenvalue weighted by Gasteiger charge is 2.27. The second-order valence-corrected chi connectivity index (χ2v) is 7.56. The fraction of sp³-hybridized carbons (Fsp3) is 0.696. The van der Waals surface area contributed by atoms with Gasteiger partial charge in [-0.05, 0) is 45.1 Å². The number of aryl methyl sites for hydroxylation is 1. The summed E-state index contributed by atoms with van der Waals surface area (Å²) in [7, 11) is 1.69. The molecule has 0 radical (unpaired) electrons. The van der Waals surface area contributed by atoms with E-state index in [0.29, 0.717) is 19.1 Å². The minimum atomic E-state index is 0. The zero-order valence-corrected chi connectivity index (χ0v) is 21.2. The zero-order chi connectivity index (χ0) is 20.7. The molecule has 172 valence electrons. The molecule has 1 aliphatic heterocycles. The van der Waals surface area contributed by atoms with Crippen molar-refractivity contribution in [3.05, 3.63) is 35.4 Å². The van der Waals surface area contributed by atoms with E-state index in [9.17, 15) is 0 Å². The molecule has 0 bridgehead atoms. The standard InChI is InChI=1S/C23H39N3O3.HI/c1-4-24-23(25-13-5-6-14-28-17-16-27-3)26-18-21-8-7-15-29-22(21)20-11-9-19(2)10-12-20;/h9-12,21-22H,4-8,13-18H2,1-3H3,(H2,24,25,26);1H. The van der Waals surface area contributed by atoms with Gasteiger partial charge in [0, 0.05) is 45.9 Å². The number of rotatable bonds is 12. The highest BCUT2D eigenvalue weighted by molar-refractivity contribution is 14.0. The molecule has 1 heterocycles. The van der Waals surface area contributed by atoms with Crippen molar-refractivity contribution in [2.75, 3.05) is 53.2 Å². The summed E-state index contributed by atoms with van der Waals surface area (Å²) in [5.74, 6) is 1.30. The number of halogens is 1. The van der Waals surface area contributed by atoms with E-state index in [0.717, 1.165) is 64.5 Å². The largest absolute Gasteiger partial charge is 0.382 e. The van der Waals surface area contributed by atoms with E-state index in [1.54, 1.807) is 7.11 Å². The van der Waals surface area contributed by atoms with Crippen LogP contribution in [-0.2, 0) is 14.2 Å². The van der Waals surface area contributed by atoms with Gasteiger partial charge in [0.05, 0.1) is 19.3 Å². The quantitative estimate of drug-likeness (QED) is 0.184. The van der Waals surface area contributed by atoms with Gasteiger partial charge in [0.15, 0.2) is 5.96 Å². The molecular weight excluding hydrogens is 493 g/mol. The van der Waals surface area contributed by atoms with Crippen LogP contribution >= 0.6 is 24.0 Å². The van der Waals surface area contributed by atoms with Crippen LogP contribution in [0.5, 0.6) is 0 Å². The van der Waals surface area contributed by atoms with Crippen LogP contribution < -0.4 is 10.6 Å². The Morgan fingerprint density at radius 2 is 1.93 bits per heavy atom. The molecule has 6 nitrogen and oxygen atoms in total. The summed E-state index contributed by atoms with van der Waals surface area (Å²) in [6.07, 6.45) is 4.48. The molecule has 2 atom stereocenters. The average Bonchev–Trinajstić information content (AvgIpc) is 2.74. The SMILES string of the molecule is CCNC(=NCC1CCCOC1c1ccc(C)cc1)NCCCCOCCOC.I. The van der Waals surface area contributed by atoms with Crippen LogP contribution in [0.25, 0.3) is 0 Å². The molecule has 0 amide bonds. The maximum Gasteiger partial charge on any atom is 0.191 e. The summed E-state index contributed by atoms with van der Waals surface area (Å²) in [6.45, 7) is 9.67. The highest BCUT2D eigenvalue weighted by Crippen LogP contribution is 2.33. The van der Waals surface area contributed by atoms with Crippen molar-refractivity contribution in [1.29, 1.82) is 0 Å². The Labute approximate surface area is 199 Å². The van der Waals surface area contributed by atoms with Crippen molar-refractivity contribution < 1.29 is 14.2 Å². The van der Waals surface area contributed by atoms with Gasteiger partial charge in [0.25, 0.3) is 0 Å². The Hall–Kier alpha value is -0.900. The van der Waals surface area contributed by atoms with Gasteiger partial charge in [-0.2, -0.15) is 0 Å². The van der Waals surface area contributed by atoms with E-state index in [2.05, 4.69) is 48.7 Å². The van der Waals surface area contributed by atoms with Crippen molar-refractivity contribution >= 4 is 29.9 Å². The molecule has 0 aromatic heterocycles. The number of hydrogen-bond donors (Lipinski definition) is 2. The van der Waals surface area contributed by atoms with Crippen LogP contribution in [0.1, 0.15) is 49.8 Å². The molecular formula is C23H40IN3O3. The van der Waals surface area contributed by atoms with Crippen molar-refractivity contribution in [3.63, 3.8) is 0 Å². The summed E-state index contributed by atoms with van der Waals surface area (Å²) in [4.78, 5) is 4.86. The zero-order valence-electron chi connectivity index (χ0n) is 18.8. The lowest BCUT2D eigenvalue weighted by molar-refractivity contribution is -0.0250. The second kappa shape index (κ2) is 16.8. The lowest BCUT2D eigenvalue weighted by Crippen LogP contribution is -2.38. The van der Waals surface area contributed by atoms with Crippen LogP contribution in [0.4, 0.5) is 0 Å². The first-order valence-corrected chi connectivity index (χ1v) is 11.0. The Kier molecular flexibility index (Phi) is 15.2. The number of nitrogens with zero attached hydrogens (tertiary/aromatic N) is 1. The van der Waals surface area contributed by atoms with Crippen LogP contribution in [0, 0.1) is 12.8 Å². The number of methoxy groups -OCH3 is 1. The summed E-state index contributed by atoms with van der Waals surface area (Å²) in [5.41, 5.74) is 2.55. The lowest BCUT2D eigenvalue weighted by Gasteiger charge is -2.31. The van der Waals surface area contributed by atoms with Crippen molar-refractivity contribution in [3.8, 4) is 0 Å². The van der Waals surface area contributed by atoms with Gasteiger partial charge in [-0.15, -0.1) is 24.0 Å². The Morgan fingerprint density at radius 1 is 1.13 bits per heavy atom. The maximum atomic E-state index is 6.13. The third kappa shape index (κ3) is 10.4. The molecule has 1 aliphatic rings. The number of guanidine groups is 1. The van der Waals surface area contributed by atoms with Gasteiger partial charge in [-0.3, -0.25) is 4.99 Å². The molecule has 30 heavy (non-hydrogen) atoms. The molecule has 1 aromatic carbocycles. The first-order chi connectivity index (χ1) is 14.2. The van der Waals surface area contributed by atoms with Crippen LogP contribution in [0.2, 0.25) is 0 Å². The van der Waals surface area contributed by atoms with Gasteiger partial charge < -0.3 is 24.8 Å². The van der Waals surface area contributed by atoms with E-state index in [-0.39, 0.29) is 30.1 Å². The second-order valence-electron chi connectivity index (χ2n) is 7.56. The fourth-order valence-corrected chi connectivity index (χ4v) is 3.49. The number of nitrogens with one attached hydrogen (secondary N) is 2. The van der Waals surface area contributed by atoms with Crippen LogP contribution in [0.15, 0.2) is 29.3 Å². The summed E-state index contributed by atoms with van der Waals surface area (Å²) >= 11 is 0. The van der Waals surface area contributed by atoms with Gasteiger partial charge in [0.2, 0.25) is 0 Å². The number of ether oxygens (including phenoxy) is 3. The first-order valence-electron chi connectivity index (χ1n) is 11.0. The molecule has 1 aromatic rings. The molecule has 1 saturated heterocycles. The first kappa shape index (κ1) is 27.1. The predicted octanol–water partition coefficient (Wildman–Crippen LogP) is 4.08. The predicted molar refractivity (Wildman–Crippen MR) is 134 cm³/mol. The van der Waals surface area contributed by atoms with Crippen molar-refractivity contribution in [1.82, 2.24) is 10.6 Å². The topological polar surface area (TPSA) is 64.1 Å². The minimum Gasteiger partial charge on any atom is -0.382 e. The molecule has 2 unspecified atom stereocenters. The fourth-order valence-electron chi connectivity index (χ4n) is 3.49. The average molecular weight is 533 g/mol. The number of aliphatic imine (C=N–C) groups is 1. The molecule has 2 N–H and O–H groups in total. The lowest BCUT2D eigenvalue weighted by atomic mass is 9.89. The van der Waals surface area contributed by atoms with E-state index in [1.165, 1.54) is 11.1 Å². The number of unbranched alkanes of at least 4 members (excludes halogenated alkanes) is 1. The molecule has 0 spiro atoms. The molecule has 0 aliphatic carbocycles. The third-order valence-electron chi connectivity index (χ3n) is 5.12. The Balaban J connectivity index is 0.00000450. The van der Waals surface area contributed by atoms with E-state index < -0.39 is 0 Å². The molecule has 7 heteroatoms. The summed E-state index contributed by atoms with van der Waals surface area (Å²) in [5, 5.41) is 6.80. The van der Waals surface area contributed by atoms with Gasteiger partial charge in [0.1, 0.15) is 0 Å². The summed E-state index contributed by atoms with van der Waals surface area (Å²) in [6, 6.07) is 8.72. The van der Waals surface area contributed by atoms with E-state index in [1.807, 2.05) is 0 Å². The van der Waals surface area contributed by atoms with E-state index in [4.69, 9.17) is 19.2 Å². The number of benzene rings is 1. The van der Waals surface area contributed by atoms with Crippen LogP contribution in [0.3, 0.4) is 0 Å². The molecule has 0 saturated carbocycles. The molecule has 1 fully saturated rings. The normalized spacial score (nSPS) is 19.2. The monoisotopic (exact) mass is 533 g/mol. The Morgan fingerprint density at radius 3 is 2.67 bits per heavy atom. The van der Waals surface area contributed by atoms with Gasteiger partial charge in [-0.25, -0.2) is 0 Å². The number of hydrogen-bond acceptors (Lipinski definition) is 4. The van der Waals surface area contributed by atoms with Gasteiger partial charge >= 0.3 is 0 Å². The third-order valence-corrected chi connectivity index (χ3v) is 5.12. The van der Waals surface area contributed by atoms with Crippen molar-refractivity contribution in [2.45, 2.75) is 45.6 Å². The van der Waals surface area contributed by atoms with Crippen LogP contribution in [-0.4, -0.2) is 59.1 Å². The highest BCUT2D eigenvalue weighted by atomic mass is 127. The maximum absolute atomic E-state index is 6.13. The van der Waals surface area contributed by atoms with E-state index >= 15 is 0 Å². The minimum absolute atomic E-state index is 0.